The Balaban J connectivity index is 1.91. The third kappa shape index (κ3) is 2.84. The van der Waals surface area contributed by atoms with Crippen molar-refractivity contribution in [2.45, 2.75) is 12.6 Å². The smallest absolute Gasteiger partial charge is 0.398 e. The van der Waals surface area contributed by atoms with E-state index in [1.54, 1.807) is 35.0 Å². The van der Waals surface area contributed by atoms with E-state index in [-0.39, 0.29) is 0 Å². The third-order valence-electron chi connectivity index (χ3n) is 3.16. The van der Waals surface area contributed by atoms with Crippen molar-refractivity contribution in [1.82, 2.24) is 9.38 Å². The van der Waals surface area contributed by atoms with Crippen LogP contribution in [0.15, 0.2) is 48.8 Å². The first-order valence-electron chi connectivity index (χ1n) is 6.31. The number of anilines is 1. The summed E-state index contributed by atoms with van der Waals surface area (Å²) in [5, 5.41) is 0. The average molecular weight is 291 g/mol. The second kappa shape index (κ2) is 4.80. The summed E-state index contributed by atoms with van der Waals surface area (Å²) in [6, 6.07) is 8.78. The van der Waals surface area contributed by atoms with Gasteiger partial charge in [-0.25, -0.2) is 4.98 Å². The minimum Gasteiger partial charge on any atom is -0.398 e. The molecule has 0 aliphatic carbocycles. The van der Waals surface area contributed by atoms with Gasteiger partial charge in [0, 0.05) is 24.5 Å². The van der Waals surface area contributed by atoms with Crippen molar-refractivity contribution in [3.05, 3.63) is 65.6 Å². The number of halogens is 3. The molecule has 1 aromatic carbocycles. The normalized spacial score (nSPS) is 12.0. The van der Waals surface area contributed by atoms with Crippen LogP contribution in [0.1, 0.15) is 16.8 Å². The van der Waals surface area contributed by atoms with Gasteiger partial charge < -0.3 is 10.1 Å². The summed E-state index contributed by atoms with van der Waals surface area (Å²) >= 11 is 0. The van der Waals surface area contributed by atoms with Crippen LogP contribution in [0.25, 0.3) is 5.65 Å². The molecule has 3 rings (SSSR count). The zero-order chi connectivity index (χ0) is 15.0. The number of alkyl halides is 3. The zero-order valence-corrected chi connectivity index (χ0v) is 10.9. The summed E-state index contributed by atoms with van der Waals surface area (Å²) in [6.45, 7) is 0. The quantitative estimate of drug-likeness (QED) is 0.785. The lowest BCUT2D eigenvalue weighted by molar-refractivity contribution is -0.137. The van der Waals surface area contributed by atoms with Crippen LogP contribution in [0.3, 0.4) is 0 Å². The SMILES string of the molecule is Nc1ccc2nc(Cc3cccc(C(F)(F)F)c3)cn2c1. The Morgan fingerprint density at radius 3 is 2.67 bits per heavy atom. The lowest BCUT2D eigenvalue weighted by Gasteiger charge is -2.07. The van der Waals surface area contributed by atoms with Crippen LogP contribution < -0.4 is 5.73 Å². The molecular formula is C15H12F3N3. The predicted molar refractivity (Wildman–Crippen MR) is 73.9 cm³/mol. The molecule has 0 unspecified atom stereocenters. The van der Waals surface area contributed by atoms with Gasteiger partial charge >= 0.3 is 6.18 Å². The lowest BCUT2D eigenvalue weighted by atomic mass is 10.1. The van der Waals surface area contributed by atoms with Crippen molar-refractivity contribution in [1.29, 1.82) is 0 Å². The third-order valence-corrected chi connectivity index (χ3v) is 3.16. The van der Waals surface area contributed by atoms with E-state index in [1.165, 1.54) is 6.07 Å². The number of aromatic nitrogens is 2. The number of nitrogen functional groups attached to an aromatic ring is 1. The fraction of sp³-hybridized carbons (Fsp3) is 0.133. The highest BCUT2D eigenvalue weighted by Crippen LogP contribution is 2.29. The summed E-state index contributed by atoms with van der Waals surface area (Å²) in [5.41, 5.74) is 7.62. The maximum absolute atomic E-state index is 12.7. The molecule has 108 valence electrons. The molecule has 2 aromatic heterocycles. The summed E-state index contributed by atoms with van der Waals surface area (Å²) in [4.78, 5) is 4.37. The van der Waals surface area contributed by atoms with Crippen molar-refractivity contribution in [3.63, 3.8) is 0 Å². The number of pyridine rings is 1. The number of fused-ring (bicyclic) bond motifs is 1. The molecule has 3 nitrogen and oxygen atoms in total. The maximum atomic E-state index is 12.7. The molecule has 2 heterocycles. The van der Waals surface area contributed by atoms with Crippen LogP contribution in [-0.2, 0) is 12.6 Å². The molecular weight excluding hydrogens is 279 g/mol. The average Bonchev–Trinajstić information content (AvgIpc) is 2.79. The van der Waals surface area contributed by atoms with Gasteiger partial charge in [-0.2, -0.15) is 13.2 Å². The molecule has 0 atom stereocenters. The first kappa shape index (κ1) is 13.5. The van der Waals surface area contributed by atoms with Gasteiger partial charge in [-0.05, 0) is 23.8 Å². The zero-order valence-electron chi connectivity index (χ0n) is 10.9. The fourth-order valence-electron chi connectivity index (χ4n) is 2.21. The molecule has 3 aromatic rings. The van der Waals surface area contributed by atoms with Crippen molar-refractivity contribution in [2.75, 3.05) is 5.73 Å². The number of nitrogens with zero attached hydrogens (tertiary/aromatic N) is 2. The van der Waals surface area contributed by atoms with Crippen LogP contribution in [0, 0.1) is 0 Å². The number of benzene rings is 1. The molecule has 0 spiro atoms. The molecule has 0 saturated carbocycles. The van der Waals surface area contributed by atoms with E-state index in [2.05, 4.69) is 4.98 Å². The summed E-state index contributed by atoms with van der Waals surface area (Å²) in [5.74, 6) is 0. The number of hydrogen-bond acceptors (Lipinski definition) is 2. The summed E-state index contributed by atoms with van der Waals surface area (Å²) < 4.78 is 39.8. The van der Waals surface area contributed by atoms with Gasteiger partial charge in [0.1, 0.15) is 5.65 Å². The monoisotopic (exact) mass is 291 g/mol. The highest BCUT2D eigenvalue weighted by Gasteiger charge is 2.30. The van der Waals surface area contributed by atoms with Crippen LogP contribution in [-0.4, -0.2) is 9.38 Å². The van der Waals surface area contributed by atoms with E-state index in [4.69, 9.17) is 5.73 Å². The second-order valence-electron chi connectivity index (χ2n) is 4.84. The Bertz CT molecular complexity index is 790. The Morgan fingerprint density at radius 2 is 1.90 bits per heavy atom. The van der Waals surface area contributed by atoms with E-state index in [1.807, 2.05) is 0 Å². The van der Waals surface area contributed by atoms with Crippen LogP contribution in [0.4, 0.5) is 18.9 Å². The van der Waals surface area contributed by atoms with Crippen LogP contribution in [0.2, 0.25) is 0 Å². The predicted octanol–water partition coefficient (Wildman–Crippen LogP) is 3.53. The Labute approximate surface area is 118 Å². The fourth-order valence-corrected chi connectivity index (χ4v) is 2.21. The highest BCUT2D eigenvalue weighted by atomic mass is 19.4. The van der Waals surface area contributed by atoms with Crippen LogP contribution >= 0.6 is 0 Å². The molecule has 0 aliphatic heterocycles. The topological polar surface area (TPSA) is 43.3 Å². The molecule has 0 radical (unpaired) electrons. The molecule has 0 saturated heterocycles. The van der Waals surface area contributed by atoms with Crippen molar-refractivity contribution in [2.24, 2.45) is 0 Å². The van der Waals surface area contributed by atoms with Crippen molar-refractivity contribution >= 4 is 11.3 Å². The van der Waals surface area contributed by atoms with E-state index in [0.717, 1.165) is 12.1 Å². The van der Waals surface area contributed by atoms with Gasteiger partial charge in [0.25, 0.3) is 0 Å². The molecule has 21 heavy (non-hydrogen) atoms. The van der Waals surface area contributed by atoms with E-state index >= 15 is 0 Å². The van der Waals surface area contributed by atoms with Gasteiger partial charge in [-0.3, -0.25) is 0 Å². The first-order chi connectivity index (χ1) is 9.91. The molecule has 2 N–H and O–H groups in total. The van der Waals surface area contributed by atoms with Crippen molar-refractivity contribution < 1.29 is 13.2 Å². The van der Waals surface area contributed by atoms with Gasteiger partial charge in [-0.15, -0.1) is 0 Å². The summed E-state index contributed by atoms with van der Waals surface area (Å²) in [7, 11) is 0. The molecule has 0 fully saturated rings. The lowest BCUT2D eigenvalue weighted by Crippen LogP contribution is -2.05. The summed E-state index contributed by atoms with van der Waals surface area (Å²) in [6.07, 6.45) is -0.501. The molecule has 0 bridgehead atoms. The standard InChI is InChI=1S/C15H12F3N3/c16-15(17,18)11-3-1-2-10(6-11)7-13-9-21-8-12(19)4-5-14(21)20-13/h1-6,8-9H,7,19H2. The van der Waals surface area contributed by atoms with Gasteiger partial charge in [0.15, 0.2) is 0 Å². The number of imidazole rings is 1. The van der Waals surface area contributed by atoms with E-state index < -0.39 is 11.7 Å². The number of nitrogens with two attached hydrogens (primary N) is 1. The van der Waals surface area contributed by atoms with Crippen molar-refractivity contribution in [3.8, 4) is 0 Å². The Hall–Kier alpha value is -2.50. The van der Waals surface area contributed by atoms with Crippen LogP contribution in [0.5, 0.6) is 0 Å². The number of rotatable bonds is 2. The van der Waals surface area contributed by atoms with Gasteiger partial charge in [0.05, 0.1) is 11.3 Å². The Morgan fingerprint density at radius 1 is 1.10 bits per heavy atom. The Kier molecular flexibility index (Phi) is 3.08. The minimum atomic E-state index is -4.33. The molecule has 0 amide bonds. The highest BCUT2D eigenvalue weighted by molar-refractivity contribution is 5.48. The van der Waals surface area contributed by atoms with Gasteiger partial charge in [-0.1, -0.05) is 18.2 Å². The first-order valence-corrected chi connectivity index (χ1v) is 6.31. The largest absolute Gasteiger partial charge is 0.416 e. The molecule has 6 heteroatoms. The molecule has 0 aliphatic rings. The second-order valence-corrected chi connectivity index (χ2v) is 4.84. The van der Waals surface area contributed by atoms with E-state index in [9.17, 15) is 13.2 Å². The van der Waals surface area contributed by atoms with Gasteiger partial charge in [0.2, 0.25) is 0 Å². The minimum absolute atomic E-state index is 0.339. The maximum Gasteiger partial charge on any atom is 0.416 e. The number of hydrogen-bond donors (Lipinski definition) is 1. The van der Waals surface area contributed by atoms with E-state index in [0.29, 0.717) is 29.0 Å².